The molecule has 4 N–H and O–H groups in total. The van der Waals surface area contributed by atoms with Crippen molar-refractivity contribution in [3.05, 3.63) is 34.9 Å². The molecule has 3 nitrogen and oxygen atoms in total. The van der Waals surface area contributed by atoms with E-state index >= 15 is 0 Å². The lowest BCUT2D eigenvalue weighted by molar-refractivity contribution is 0.178. The molecule has 2 rings (SSSR count). The van der Waals surface area contributed by atoms with Crippen LogP contribution in [0.15, 0.2) is 24.3 Å². The van der Waals surface area contributed by atoms with E-state index in [-0.39, 0.29) is 42.8 Å². The topological polar surface area (TPSA) is 50.1 Å². The average molecular weight is 405 g/mol. The third kappa shape index (κ3) is 5.93. The molecule has 1 fully saturated rings. The van der Waals surface area contributed by atoms with Crippen LogP contribution < -0.4 is 16.4 Å². The van der Waals surface area contributed by atoms with Gasteiger partial charge in [0.05, 0.1) is 5.54 Å². The Hall–Kier alpha value is 0.260. The van der Waals surface area contributed by atoms with Crippen molar-refractivity contribution in [3.63, 3.8) is 0 Å². The van der Waals surface area contributed by atoms with Crippen molar-refractivity contribution in [2.24, 2.45) is 5.73 Å². The van der Waals surface area contributed by atoms with Gasteiger partial charge in [0.25, 0.3) is 0 Å². The van der Waals surface area contributed by atoms with E-state index in [9.17, 15) is 0 Å². The molecule has 0 amide bonds. The van der Waals surface area contributed by atoms with Crippen LogP contribution >= 0.6 is 48.8 Å². The molecule has 1 aromatic rings. The van der Waals surface area contributed by atoms with E-state index in [2.05, 4.69) is 22.8 Å². The van der Waals surface area contributed by atoms with E-state index in [0.29, 0.717) is 6.04 Å². The summed E-state index contributed by atoms with van der Waals surface area (Å²) in [5.74, 6) is 0. The lowest BCUT2D eigenvalue weighted by Crippen LogP contribution is -2.58. The van der Waals surface area contributed by atoms with Crippen LogP contribution in [-0.4, -0.2) is 26.2 Å². The van der Waals surface area contributed by atoms with Crippen molar-refractivity contribution in [2.75, 3.05) is 20.1 Å². The molecule has 2 atom stereocenters. The van der Waals surface area contributed by atoms with E-state index in [1.165, 1.54) is 24.8 Å². The molecular formula is C16H29Cl4N3. The van der Waals surface area contributed by atoms with Crippen LogP contribution in [0.2, 0.25) is 5.02 Å². The number of halogens is 4. The Kier molecular flexibility index (Phi) is 14.0. The standard InChI is InChI=1S/C16H26ClN3.3ClH/c1-19-16(13-7-2-3-8-14(13)17)10-5-4-9-15(16)20-12-6-11-18;;;/h2-3,7-8,15,19-20H,4-6,9-12,18H2,1H3;3*1H/t15-,16+;;;/m1.../s1. The molecule has 0 spiro atoms. The molecule has 0 aromatic heterocycles. The molecule has 7 heteroatoms. The number of likely N-dealkylation sites (N-methyl/N-ethyl adjacent to an activating group) is 1. The summed E-state index contributed by atoms with van der Waals surface area (Å²) in [7, 11) is 2.05. The minimum atomic E-state index is -0.0643. The van der Waals surface area contributed by atoms with Crippen LogP contribution in [0.4, 0.5) is 0 Å². The van der Waals surface area contributed by atoms with E-state index < -0.39 is 0 Å². The molecule has 0 saturated heterocycles. The maximum Gasteiger partial charge on any atom is 0.0602 e. The Balaban J connectivity index is 0. The van der Waals surface area contributed by atoms with Crippen molar-refractivity contribution in [1.82, 2.24) is 10.6 Å². The van der Waals surface area contributed by atoms with Gasteiger partial charge < -0.3 is 16.4 Å². The summed E-state index contributed by atoms with van der Waals surface area (Å²) in [6.07, 6.45) is 5.82. The second-order valence-electron chi connectivity index (χ2n) is 5.60. The van der Waals surface area contributed by atoms with Crippen LogP contribution in [0, 0.1) is 0 Å². The monoisotopic (exact) mass is 403 g/mol. The van der Waals surface area contributed by atoms with Gasteiger partial charge in [-0.3, -0.25) is 0 Å². The maximum atomic E-state index is 6.46. The Morgan fingerprint density at radius 1 is 1.22 bits per heavy atom. The number of nitrogens with two attached hydrogens (primary N) is 1. The highest BCUT2D eigenvalue weighted by molar-refractivity contribution is 6.31. The van der Waals surface area contributed by atoms with Gasteiger partial charge in [-0.05, 0) is 51.0 Å². The molecule has 0 heterocycles. The van der Waals surface area contributed by atoms with Gasteiger partial charge in [-0.1, -0.05) is 42.6 Å². The van der Waals surface area contributed by atoms with Gasteiger partial charge in [-0.25, -0.2) is 0 Å². The number of benzene rings is 1. The van der Waals surface area contributed by atoms with Gasteiger partial charge in [0.1, 0.15) is 0 Å². The van der Waals surface area contributed by atoms with Crippen molar-refractivity contribution in [1.29, 1.82) is 0 Å². The van der Waals surface area contributed by atoms with E-state index in [4.69, 9.17) is 17.3 Å². The first-order valence-electron chi connectivity index (χ1n) is 7.62. The summed E-state index contributed by atoms with van der Waals surface area (Å²) in [4.78, 5) is 0. The van der Waals surface area contributed by atoms with E-state index in [1.54, 1.807) is 0 Å². The summed E-state index contributed by atoms with van der Waals surface area (Å²) in [5.41, 5.74) is 6.76. The minimum absolute atomic E-state index is 0. The first-order valence-corrected chi connectivity index (χ1v) is 8.00. The van der Waals surface area contributed by atoms with Gasteiger partial charge in [-0.2, -0.15) is 0 Å². The molecule has 1 saturated carbocycles. The maximum absolute atomic E-state index is 6.46. The SMILES string of the molecule is CN[C@]1(c2ccccc2Cl)CCCC[C@H]1NCCCN.Cl.Cl.Cl. The zero-order chi connectivity index (χ0) is 14.4. The Morgan fingerprint density at radius 3 is 2.52 bits per heavy atom. The Labute approximate surface area is 163 Å². The van der Waals surface area contributed by atoms with Crippen LogP contribution in [0.5, 0.6) is 0 Å². The summed E-state index contributed by atoms with van der Waals surface area (Å²) < 4.78 is 0. The van der Waals surface area contributed by atoms with Crippen LogP contribution in [0.3, 0.4) is 0 Å². The highest BCUT2D eigenvalue weighted by Gasteiger charge is 2.41. The van der Waals surface area contributed by atoms with Gasteiger partial charge in [-0.15, -0.1) is 37.2 Å². The molecule has 136 valence electrons. The lowest BCUT2D eigenvalue weighted by Gasteiger charge is -2.45. The molecule has 0 radical (unpaired) electrons. The van der Waals surface area contributed by atoms with Crippen molar-refractivity contribution >= 4 is 48.8 Å². The molecular weight excluding hydrogens is 376 g/mol. The number of rotatable bonds is 6. The molecule has 1 aliphatic carbocycles. The van der Waals surface area contributed by atoms with Gasteiger partial charge in [0, 0.05) is 11.1 Å². The van der Waals surface area contributed by atoms with E-state index in [1.807, 2.05) is 19.2 Å². The Morgan fingerprint density at radius 2 is 1.91 bits per heavy atom. The predicted octanol–water partition coefficient (Wildman–Crippen LogP) is 3.90. The Bertz CT molecular complexity index is 434. The zero-order valence-corrected chi connectivity index (χ0v) is 16.7. The first-order chi connectivity index (χ1) is 9.74. The fourth-order valence-corrected chi connectivity index (χ4v) is 3.71. The van der Waals surface area contributed by atoms with Crippen molar-refractivity contribution < 1.29 is 0 Å². The third-order valence-corrected chi connectivity index (χ3v) is 4.81. The highest BCUT2D eigenvalue weighted by atomic mass is 35.5. The minimum Gasteiger partial charge on any atom is -0.330 e. The molecule has 23 heavy (non-hydrogen) atoms. The number of hydrogen-bond donors (Lipinski definition) is 3. The van der Waals surface area contributed by atoms with Crippen LogP contribution in [0.1, 0.15) is 37.7 Å². The zero-order valence-electron chi connectivity index (χ0n) is 13.5. The quantitative estimate of drug-likeness (QED) is 0.630. The molecule has 0 unspecified atom stereocenters. The van der Waals surface area contributed by atoms with Crippen LogP contribution in [-0.2, 0) is 5.54 Å². The molecule has 0 aliphatic heterocycles. The van der Waals surface area contributed by atoms with E-state index in [0.717, 1.165) is 31.0 Å². The van der Waals surface area contributed by atoms with Gasteiger partial charge in [0.15, 0.2) is 0 Å². The molecule has 1 aliphatic rings. The largest absolute Gasteiger partial charge is 0.330 e. The normalized spacial score (nSPS) is 23.2. The van der Waals surface area contributed by atoms with Crippen molar-refractivity contribution in [2.45, 2.75) is 43.7 Å². The second kappa shape index (κ2) is 12.6. The van der Waals surface area contributed by atoms with Crippen LogP contribution in [0.25, 0.3) is 0 Å². The fraction of sp³-hybridized carbons (Fsp3) is 0.625. The third-order valence-electron chi connectivity index (χ3n) is 4.48. The van der Waals surface area contributed by atoms with Crippen molar-refractivity contribution in [3.8, 4) is 0 Å². The number of nitrogens with one attached hydrogen (secondary N) is 2. The lowest BCUT2D eigenvalue weighted by atomic mass is 9.72. The van der Waals surface area contributed by atoms with Gasteiger partial charge in [0.2, 0.25) is 0 Å². The summed E-state index contributed by atoms with van der Waals surface area (Å²) in [5, 5.41) is 8.12. The summed E-state index contributed by atoms with van der Waals surface area (Å²) in [6, 6.07) is 8.62. The average Bonchev–Trinajstić information content (AvgIpc) is 2.49. The fourth-order valence-electron chi connectivity index (χ4n) is 3.41. The second-order valence-corrected chi connectivity index (χ2v) is 6.00. The molecule has 0 bridgehead atoms. The smallest absolute Gasteiger partial charge is 0.0602 e. The molecule has 1 aromatic carbocycles. The summed E-state index contributed by atoms with van der Waals surface area (Å²) in [6.45, 7) is 1.70. The first kappa shape index (κ1) is 25.5. The predicted molar refractivity (Wildman–Crippen MR) is 108 cm³/mol. The summed E-state index contributed by atoms with van der Waals surface area (Å²) >= 11 is 6.46. The highest BCUT2D eigenvalue weighted by Crippen LogP contribution is 2.40. The van der Waals surface area contributed by atoms with Gasteiger partial charge >= 0.3 is 0 Å². The number of hydrogen-bond acceptors (Lipinski definition) is 3.